The number of rotatable bonds is 5. The van der Waals surface area contributed by atoms with Crippen molar-refractivity contribution >= 4 is 0 Å². The van der Waals surface area contributed by atoms with Gasteiger partial charge >= 0.3 is 0 Å². The van der Waals surface area contributed by atoms with Gasteiger partial charge < -0.3 is 5.32 Å². The fourth-order valence-corrected chi connectivity index (χ4v) is 2.59. The van der Waals surface area contributed by atoms with E-state index in [2.05, 4.69) is 43.2 Å². The van der Waals surface area contributed by atoms with Crippen molar-refractivity contribution in [1.29, 1.82) is 0 Å². The van der Waals surface area contributed by atoms with Crippen LogP contribution in [0.3, 0.4) is 0 Å². The first kappa shape index (κ1) is 11.6. The number of pyridine rings is 1. The minimum atomic E-state index is 0.542. The zero-order valence-electron chi connectivity index (χ0n) is 10.5. The molecule has 1 saturated carbocycles. The summed E-state index contributed by atoms with van der Waals surface area (Å²) in [6.45, 7) is 7.99. The monoisotopic (exact) mass is 218 g/mol. The first-order chi connectivity index (χ1) is 7.63. The number of hydrogen-bond acceptors (Lipinski definition) is 2. The van der Waals surface area contributed by atoms with Crippen molar-refractivity contribution < 1.29 is 0 Å². The van der Waals surface area contributed by atoms with Gasteiger partial charge in [-0.15, -0.1) is 0 Å². The lowest BCUT2D eigenvalue weighted by atomic mass is 9.98. The molecule has 0 saturated heterocycles. The highest BCUT2D eigenvalue weighted by atomic mass is 14.9. The summed E-state index contributed by atoms with van der Waals surface area (Å²) in [6, 6.07) is 4.88. The number of nitrogens with zero attached hydrogens (tertiary/aromatic N) is 1. The van der Waals surface area contributed by atoms with Gasteiger partial charge in [0.1, 0.15) is 0 Å². The van der Waals surface area contributed by atoms with Crippen LogP contribution < -0.4 is 5.32 Å². The summed E-state index contributed by atoms with van der Waals surface area (Å²) in [4.78, 5) is 4.07. The maximum atomic E-state index is 4.07. The Labute approximate surface area is 98.5 Å². The van der Waals surface area contributed by atoms with E-state index >= 15 is 0 Å². The molecule has 1 aliphatic carbocycles. The van der Waals surface area contributed by atoms with Crippen LogP contribution in [0.15, 0.2) is 24.5 Å². The van der Waals surface area contributed by atoms with Crippen molar-refractivity contribution in [3.05, 3.63) is 30.1 Å². The Hall–Kier alpha value is -0.890. The van der Waals surface area contributed by atoms with E-state index in [1.165, 1.54) is 12.0 Å². The molecule has 2 heteroatoms. The third-order valence-corrected chi connectivity index (χ3v) is 3.75. The molecule has 0 bridgehead atoms. The van der Waals surface area contributed by atoms with Crippen molar-refractivity contribution in [2.45, 2.75) is 39.7 Å². The summed E-state index contributed by atoms with van der Waals surface area (Å²) >= 11 is 0. The van der Waals surface area contributed by atoms with E-state index in [1.807, 2.05) is 12.4 Å². The molecule has 16 heavy (non-hydrogen) atoms. The Morgan fingerprint density at radius 3 is 2.56 bits per heavy atom. The summed E-state index contributed by atoms with van der Waals surface area (Å²) in [5.74, 6) is 0.834. The molecule has 1 aliphatic rings. The van der Waals surface area contributed by atoms with E-state index < -0.39 is 0 Å². The molecule has 88 valence electrons. The molecule has 2 rings (SSSR count). The van der Waals surface area contributed by atoms with E-state index in [9.17, 15) is 0 Å². The number of hydrogen-bond donors (Lipinski definition) is 1. The normalized spacial score (nSPS) is 24.1. The molecule has 1 fully saturated rings. The molecular weight excluding hydrogens is 196 g/mol. The summed E-state index contributed by atoms with van der Waals surface area (Å²) in [5, 5.41) is 3.63. The third kappa shape index (κ3) is 2.62. The van der Waals surface area contributed by atoms with Crippen LogP contribution in [0.5, 0.6) is 0 Å². The molecular formula is C14H22N2. The fraction of sp³-hybridized carbons (Fsp3) is 0.643. The average molecular weight is 218 g/mol. The van der Waals surface area contributed by atoms with E-state index in [-0.39, 0.29) is 0 Å². The largest absolute Gasteiger partial charge is 0.314 e. The lowest BCUT2D eigenvalue weighted by Gasteiger charge is -2.19. The fourth-order valence-electron chi connectivity index (χ4n) is 2.59. The first-order valence-corrected chi connectivity index (χ1v) is 6.26. The van der Waals surface area contributed by atoms with Crippen molar-refractivity contribution in [2.75, 3.05) is 6.54 Å². The minimum absolute atomic E-state index is 0.542. The maximum absolute atomic E-state index is 4.07. The molecule has 1 heterocycles. The van der Waals surface area contributed by atoms with Crippen LogP contribution in [-0.2, 0) is 6.42 Å². The molecule has 0 radical (unpaired) electrons. The zero-order valence-corrected chi connectivity index (χ0v) is 10.5. The summed E-state index contributed by atoms with van der Waals surface area (Å²) in [7, 11) is 0. The summed E-state index contributed by atoms with van der Waals surface area (Å²) in [6.07, 6.45) is 6.26. The molecule has 2 atom stereocenters. The first-order valence-electron chi connectivity index (χ1n) is 6.26. The van der Waals surface area contributed by atoms with Crippen LogP contribution in [0.25, 0.3) is 0 Å². The van der Waals surface area contributed by atoms with E-state index in [0.717, 1.165) is 18.9 Å². The van der Waals surface area contributed by atoms with Gasteiger partial charge in [-0.05, 0) is 48.4 Å². The quantitative estimate of drug-likeness (QED) is 0.822. The molecule has 2 nitrogen and oxygen atoms in total. The van der Waals surface area contributed by atoms with E-state index in [4.69, 9.17) is 0 Å². The second-order valence-electron chi connectivity index (χ2n) is 5.52. The Balaban J connectivity index is 1.99. The van der Waals surface area contributed by atoms with Crippen molar-refractivity contribution in [2.24, 2.45) is 11.3 Å². The van der Waals surface area contributed by atoms with Gasteiger partial charge in [0, 0.05) is 18.4 Å². The van der Waals surface area contributed by atoms with Crippen LogP contribution in [-0.4, -0.2) is 17.6 Å². The smallest absolute Gasteiger partial charge is 0.0270 e. The predicted molar refractivity (Wildman–Crippen MR) is 67.3 cm³/mol. The molecule has 1 aromatic rings. The van der Waals surface area contributed by atoms with Crippen LogP contribution in [0.1, 0.15) is 32.8 Å². The van der Waals surface area contributed by atoms with Crippen LogP contribution in [0, 0.1) is 11.3 Å². The van der Waals surface area contributed by atoms with Gasteiger partial charge in [0.15, 0.2) is 0 Å². The predicted octanol–water partition coefficient (Wildman–Crippen LogP) is 2.65. The zero-order chi connectivity index (χ0) is 11.6. The SMILES string of the molecule is CCNC(Cc1ccncc1)C1CC1(C)C. The van der Waals surface area contributed by atoms with Gasteiger partial charge in [0.25, 0.3) is 0 Å². The second-order valence-corrected chi connectivity index (χ2v) is 5.52. The molecule has 0 aliphatic heterocycles. The van der Waals surface area contributed by atoms with Gasteiger partial charge in [-0.2, -0.15) is 0 Å². The number of likely N-dealkylation sites (N-methyl/N-ethyl adjacent to an activating group) is 1. The Morgan fingerprint density at radius 2 is 2.06 bits per heavy atom. The van der Waals surface area contributed by atoms with Crippen molar-refractivity contribution in [3.8, 4) is 0 Å². The van der Waals surface area contributed by atoms with E-state index in [1.54, 1.807) is 0 Å². The Kier molecular flexibility index (Phi) is 3.29. The summed E-state index contributed by atoms with van der Waals surface area (Å²) < 4.78 is 0. The van der Waals surface area contributed by atoms with Crippen molar-refractivity contribution in [3.63, 3.8) is 0 Å². The highest BCUT2D eigenvalue weighted by Gasteiger charge is 2.49. The number of nitrogens with one attached hydrogen (secondary N) is 1. The van der Waals surface area contributed by atoms with Gasteiger partial charge in [-0.25, -0.2) is 0 Å². The Bertz CT molecular complexity index is 332. The Morgan fingerprint density at radius 1 is 1.44 bits per heavy atom. The van der Waals surface area contributed by atoms with Crippen LogP contribution in [0.2, 0.25) is 0 Å². The highest BCUT2D eigenvalue weighted by Crippen LogP contribution is 2.53. The van der Waals surface area contributed by atoms with Crippen LogP contribution in [0.4, 0.5) is 0 Å². The van der Waals surface area contributed by atoms with Gasteiger partial charge in [0.2, 0.25) is 0 Å². The van der Waals surface area contributed by atoms with Gasteiger partial charge in [-0.3, -0.25) is 4.98 Å². The molecule has 1 aromatic heterocycles. The summed E-state index contributed by atoms with van der Waals surface area (Å²) in [5.41, 5.74) is 1.93. The van der Waals surface area contributed by atoms with Gasteiger partial charge in [0.05, 0.1) is 0 Å². The number of aromatic nitrogens is 1. The minimum Gasteiger partial charge on any atom is -0.314 e. The lowest BCUT2D eigenvalue weighted by Crippen LogP contribution is -2.34. The molecule has 0 amide bonds. The average Bonchev–Trinajstić information content (AvgIpc) is 2.89. The molecule has 0 spiro atoms. The topological polar surface area (TPSA) is 24.9 Å². The van der Waals surface area contributed by atoms with Gasteiger partial charge in [-0.1, -0.05) is 20.8 Å². The standard InChI is InChI=1S/C14H22N2/c1-4-16-13(12-10-14(12,2)3)9-11-5-7-15-8-6-11/h5-8,12-13,16H,4,9-10H2,1-3H3. The highest BCUT2D eigenvalue weighted by molar-refractivity contribution is 5.14. The molecule has 1 N–H and O–H groups in total. The van der Waals surface area contributed by atoms with E-state index in [0.29, 0.717) is 11.5 Å². The van der Waals surface area contributed by atoms with Crippen molar-refractivity contribution in [1.82, 2.24) is 10.3 Å². The lowest BCUT2D eigenvalue weighted by molar-refractivity contribution is 0.409. The maximum Gasteiger partial charge on any atom is 0.0270 e. The van der Waals surface area contributed by atoms with Crippen LogP contribution >= 0.6 is 0 Å². The molecule has 2 unspecified atom stereocenters. The third-order valence-electron chi connectivity index (χ3n) is 3.75. The second kappa shape index (κ2) is 4.54. The molecule has 0 aromatic carbocycles.